The maximum Gasteiger partial charge on any atom is 0.340 e. The standard InChI is InChI=1S/C13H11NO3S2/c14-12(15)8-17-13(16)10(11-4-2-6-19-11)7-9-3-1-5-18-9/h1-7H,8H2,(H2,14,15)/b10-7+. The number of ether oxygens (including phenoxy) is 1. The minimum Gasteiger partial charge on any atom is -0.452 e. The van der Waals surface area contributed by atoms with Crippen molar-refractivity contribution in [3.05, 3.63) is 44.8 Å². The van der Waals surface area contributed by atoms with E-state index in [4.69, 9.17) is 10.5 Å². The van der Waals surface area contributed by atoms with Gasteiger partial charge < -0.3 is 10.5 Å². The van der Waals surface area contributed by atoms with Crippen molar-refractivity contribution < 1.29 is 14.3 Å². The number of carbonyl (C=O) groups is 2. The lowest BCUT2D eigenvalue weighted by molar-refractivity contribution is -0.141. The third-order valence-electron chi connectivity index (χ3n) is 2.18. The van der Waals surface area contributed by atoms with Gasteiger partial charge in [0.05, 0.1) is 5.57 Å². The number of hydrogen-bond donors (Lipinski definition) is 1. The zero-order valence-corrected chi connectivity index (χ0v) is 11.5. The highest BCUT2D eigenvalue weighted by molar-refractivity contribution is 7.12. The van der Waals surface area contributed by atoms with Gasteiger partial charge in [0, 0.05) is 9.75 Å². The quantitative estimate of drug-likeness (QED) is 0.679. The van der Waals surface area contributed by atoms with Crippen molar-refractivity contribution in [1.29, 1.82) is 0 Å². The summed E-state index contributed by atoms with van der Waals surface area (Å²) in [4.78, 5) is 24.4. The maximum atomic E-state index is 12.0. The molecule has 0 spiro atoms. The maximum absolute atomic E-state index is 12.0. The summed E-state index contributed by atoms with van der Waals surface area (Å²) in [7, 11) is 0. The molecule has 2 heterocycles. The van der Waals surface area contributed by atoms with Crippen LogP contribution in [-0.2, 0) is 14.3 Å². The van der Waals surface area contributed by atoms with Crippen LogP contribution in [0.15, 0.2) is 35.0 Å². The second kappa shape index (κ2) is 6.31. The van der Waals surface area contributed by atoms with Gasteiger partial charge in [-0.05, 0) is 29.0 Å². The number of rotatable bonds is 5. The van der Waals surface area contributed by atoms with Crippen LogP contribution in [0.2, 0.25) is 0 Å². The molecule has 0 radical (unpaired) electrons. The molecule has 0 atom stereocenters. The van der Waals surface area contributed by atoms with Gasteiger partial charge in [0.2, 0.25) is 0 Å². The van der Waals surface area contributed by atoms with E-state index in [2.05, 4.69) is 0 Å². The van der Waals surface area contributed by atoms with Crippen LogP contribution >= 0.6 is 22.7 Å². The normalized spacial score (nSPS) is 11.3. The smallest absolute Gasteiger partial charge is 0.340 e. The summed E-state index contributed by atoms with van der Waals surface area (Å²) < 4.78 is 4.87. The van der Waals surface area contributed by atoms with Crippen molar-refractivity contribution >= 4 is 46.2 Å². The fourth-order valence-electron chi connectivity index (χ4n) is 1.39. The average Bonchev–Trinajstić information content (AvgIpc) is 3.05. The van der Waals surface area contributed by atoms with Crippen molar-refractivity contribution in [2.45, 2.75) is 0 Å². The van der Waals surface area contributed by atoms with Crippen molar-refractivity contribution in [3.8, 4) is 0 Å². The summed E-state index contributed by atoms with van der Waals surface area (Å²) in [6.07, 6.45) is 1.75. The van der Waals surface area contributed by atoms with Crippen molar-refractivity contribution in [3.63, 3.8) is 0 Å². The van der Waals surface area contributed by atoms with Crippen LogP contribution in [0.1, 0.15) is 9.75 Å². The van der Waals surface area contributed by atoms with Gasteiger partial charge in [-0.25, -0.2) is 4.79 Å². The number of thiophene rings is 2. The van der Waals surface area contributed by atoms with Crippen LogP contribution in [0.5, 0.6) is 0 Å². The van der Waals surface area contributed by atoms with Gasteiger partial charge in [-0.1, -0.05) is 12.1 Å². The Morgan fingerprint density at radius 2 is 1.95 bits per heavy atom. The van der Waals surface area contributed by atoms with Gasteiger partial charge in [-0.15, -0.1) is 22.7 Å². The molecule has 6 heteroatoms. The van der Waals surface area contributed by atoms with Gasteiger partial charge in [-0.2, -0.15) is 0 Å². The number of esters is 1. The predicted octanol–water partition coefficient (Wildman–Crippen LogP) is 2.38. The molecule has 2 rings (SSSR count). The molecule has 1 amide bonds. The fraction of sp³-hybridized carbons (Fsp3) is 0.0769. The Morgan fingerprint density at radius 1 is 1.21 bits per heavy atom. The molecule has 0 saturated heterocycles. The van der Waals surface area contributed by atoms with E-state index in [0.29, 0.717) is 5.57 Å². The number of hydrogen-bond acceptors (Lipinski definition) is 5. The Morgan fingerprint density at radius 3 is 2.53 bits per heavy atom. The first-order valence-corrected chi connectivity index (χ1v) is 7.17. The van der Waals surface area contributed by atoms with Crippen LogP contribution in [0.4, 0.5) is 0 Å². The van der Waals surface area contributed by atoms with Crippen molar-refractivity contribution in [2.75, 3.05) is 6.61 Å². The molecular weight excluding hydrogens is 282 g/mol. The second-order valence-electron chi connectivity index (χ2n) is 3.59. The Kier molecular flexibility index (Phi) is 4.48. The second-order valence-corrected chi connectivity index (χ2v) is 5.52. The van der Waals surface area contributed by atoms with Gasteiger partial charge >= 0.3 is 5.97 Å². The molecule has 0 unspecified atom stereocenters. The van der Waals surface area contributed by atoms with Crippen molar-refractivity contribution in [1.82, 2.24) is 0 Å². The molecule has 0 fully saturated rings. The molecule has 19 heavy (non-hydrogen) atoms. The third kappa shape index (κ3) is 3.77. The van der Waals surface area contributed by atoms with E-state index in [1.54, 1.807) is 6.08 Å². The lowest BCUT2D eigenvalue weighted by Crippen LogP contribution is -2.21. The van der Waals surface area contributed by atoms with E-state index in [1.165, 1.54) is 22.7 Å². The lowest BCUT2D eigenvalue weighted by atomic mass is 10.2. The number of nitrogens with two attached hydrogens (primary N) is 1. The number of carbonyl (C=O) groups excluding carboxylic acids is 2. The highest BCUT2D eigenvalue weighted by Crippen LogP contribution is 2.25. The molecule has 0 aliphatic heterocycles. The van der Waals surface area contributed by atoms with Crippen LogP contribution < -0.4 is 5.73 Å². The van der Waals surface area contributed by atoms with Crippen LogP contribution in [0.25, 0.3) is 11.6 Å². The van der Waals surface area contributed by atoms with Gasteiger partial charge in [0.25, 0.3) is 5.91 Å². The fourth-order valence-corrected chi connectivity index (χ4v) is 2.78. The highest BCUT2D eigenvalue weighted by atomic mass is 32.1. The first-order valence-electron chi connectivity index (χ1n) is 5.41. The molecule has 0 aromatic carbocycles. The highest BCUT2D eigenvalue weighted by Gasteiger charge is 2.15. The summed E-state index contributed by atoms with van der Waals surface area (Å²) in [5, 5.41) is 3.80. The summed E-state index contributed by atoms with van der Waals surface area (Å²) in [6, 6.07) is 7.48. The van der Waals surface area contributed by atoms with Gasteiger partial charge in [-0.3, -0.25) is 4.79 Å². The van der Waals surface area contributed by atoms with Crippen LogP contribution in [-0.4, -0.2) is 18.5 Å². The molecule has 2 aromatic heterocycles. The molecule has 98 valence electrons. The van der Waals surface area contributed by atoms with E-state index < -0.39 is 18.5 Å². The zero-order valence-electron chi connectivity index (χ0n) is 9.87. The molecular formula is C13H11NO3S2. The van der Waals surface area contributed by atoms with E-state index in [0.717, 1.165) is 9.75 Å². The van der Waals surface area contributed by atoms with Gasteiger partial charge in [0.15, 0.2) is 6.61 Å². The lowest BCUT2D eigenvalue weighted by Gasteiger charge is -2.05. The molecule has 0 bridgehead atoms. The monoisotopic (exact) mass is 293 g/mol. The average molecular weight is 293 g/mol. The van der Waals surface area contributed by atoms with Gasteiger partial charge in [0.1, 0.15) is 0 Å². The summed E-state index contributed by atoms with van der Waals surface area (Å²) >= 11 is 2.95. The van der Waals surface area contributed by atoms with E-state index in [1.807, 2.05) is 35.0 Å². The summed E-state index contributed by atoms with van der Waals surface area (Å²) in [5.74, 6) is -1.22. The Bertz CT molecular complexity index is 585. The molecule has 2 N–H and O–H groups in total. The molecule has 0 saturated carbocycles. The Labute approximate surface area is 118 Å². The van der Waals surface area contributed by atoms with E-state index >= 15 is 0 Å². The van der Waals surface area contributed by atoms with Crippen LogP contribution in [0.3, 0.4) is 0 Å². The minimum atomic E-state index is -0.671. The molecule has 4 nitrogen and oxygen atoms in total. The number of primary amides is 1. The van der Waals surface area contributed by atoms with Crippen molar-refractivity contribution in [2.24, 2.45) is 5.73 Å². The Hall–Kier alpha value is -1.92. The largest absolute Gasteiger partial charge is 0.452 e. The SMILES string of the molecule is NC(=O)COC(=O)/C(=C/c1cccs1)c1cccs1. The predicted molar refractivity (Wildman–Crippen MR) is 76.7 cm³/mol. The first kappa shape index (κ1) is 13.5. The summed E-state index contributed by atoms with van der Waals surface area (Å²) in [6.45, 7) is -0.411. The minimum absolute atomic E-state index is 0.411. The zero-order chi connectivity index (χ0) is 13.7. The molecule has 0 aliphatic carbocycles. The number of amides is 1. The molecule has 2 aromatic rings. The van der Waals surface area contributed by atoms with E-state index in [9.17, 15) is 9.59 Å². The summed E-state index contributed by atoms with van der Waals surface area (Å²) in [5.41, 5.74) is 5.39. The topological polar surface area (TPSA) is 69.4 Å². The molecule has 0 aliphatic rings. The van der Waals surface area contributed by atoms with Crippen LogP contribution in [0, 0.1) is 0 Å². The third-order valence-corrected chi connectivity index (χ3v) is 3.90. The van der Waals surface area contributed by atoms with E-state index in [-0.39, 0.29) is 0 Å². The first-order chi connectivity index (χ1) is 9.16. The Balaban J connectivity index is 2.25.